The predicted octanol–water partition coefficient (Wildman–Crippen LogP) is 4.38. The Bertz CT molecular complexity index is 1080. The number of esters is 1. The Kier molecular flexibility index (Phi) is 5.39. The molecule has 1 aliphatic rings. The number of hydrogen-bond acceptors (Lipinski definition) is 5. The molecule has 1 heterocycles. The number of hydrogen-bond donors (Lipinski definition) is 1. The summed E-state index contributed by atoms with van der Waals surface area (Å²) in [5.74, 6) is 0.704. The zero-order chi connectivity index (χ0) is 21.1. The minimum absolute atomic E-state index is 0.205. The molecule has 0 spiro atoms. The fraction of sp³-hybridized carbons (Fsp3) is 0.167. The lowest BCUT2D eigenvalue weighted by Crippen LogP contribution is -2.45. The second kappa shape index (κ2) is 8.29. The number of para-hydroxylation sites is 2. The molecule has 3 aromatic carbocycles. The molecule has 0 fully saturated rings. The topological polar surface area (TPSA) is 73.9 Å². The van der Waals surface area contributed by atoms with Crippen LogP contribution in [0.2, 0.25) is 0 Å². The minimum Gasteiger partial charge on any atom is -0.482 e. The van der Waals surface area contributed by atoms with Gasteiger partial charge >= 0.3 is 5.97 Å². The number of benzene rings is 3. The Morgan fingerprint density at radius 3 is 2.30 bits per heavy atom. The highest BCUT2D eigenvalue weighted by molar-refractivity contribution is 6.04. The lowest BCUT2D eigenvalue weighted by molar-refractivity contribution is -0.147. The van der Waals surface area contributed by atoms with Crippen LogP contribution in [0.3, 0.4) is 0 Å². The van der Waals surface area contributed by atoms with Gasteiger partial charge in [0.1, 0.15) is 11.9 Å². The summed E-state index contributed by atoms with van der Waals surface area (Å²) in [6, 6.07) is 21.1. The minimum atomic E-state index is -0.874. The van der Waals surface area contributed by atoms with Crippen LogP contribution in [-0.4, -0.2) is 24.1 Å². The zero-order valence-corrected chi connectivity index (χ0v) is 16.6. The highest BCUT2D eigenvalue weighted by Gasteiger charge is 2.35. The van der Waals surface area contributed by atoms with E-state index in [0.29, 0.717) is 28.5 Å². The molecule has 0 radical (unpaired) electrons. The van der Waals surface area contributed by atoms with Crippen molar-refractivity contribution >= 4 is 17.6 Å². The maximum atomic E-state index is 12.6. The monoisotopic (exact) mass is 403 g/mol. The summed E-state index contributed by atoms with van der Waals surface area (Å²) in [6.45, 7) is 3.69. The number of amides is 1. The Hall–Kier alpha value is -3.80. The van der Waals surface area contributed by atoms with Crippen molar-refractivity contribution < 1.29 is 23.8 Å². The molecule has 30 heavy (non-hydrogen) atoms. The highest BCUT2D eigenvalue weighted by Crippen LogP contribution is 2.33. The average molecular weight is 403 g/mol. The standard InChI is InChI=1S/C24H21NO5/c1-15-6-5-7-17(14-15)23(26)25-18-10-12-19(13-11-18)29-24(27)22-16(2)28-20-8-3-4-9-21(20)30-22/h3-14,16,22H,1-2H3,(H,25,26). The second-order valence-electron chi connectivity index (χ2n) is 7.08. The summed E-state index contributed by atoms with van der Waals surface area (Å²) in [7, 11) is 0. The molecule has 0 aliphatic carbocycles. The number of nitrogens with one attached hydrogen (secondary N) is 1. The molecule has 4 rings (SSSR count). The van der Waals surface area contributed by atoms with E-state index in [1.807, 2.05) is 37.3 Å². The van der Waals surface area contributed by atoms with Gasteiger partial charge in [0.15, 0.2) is 11.5 Å². The SMILES string of the molecule is Cc1cccc(C(=O)Nc2ccc(OC(=O)C3Oc4ccccc4OC3C)cc2)c1. The third-order valence-corrected chi connectivity index (χ3v) is 4.69. The van der Waals surface area contributed by atoms with E-state index in [1.165, 1.54) is 0 Å². The molecule has 0 bridgehead atoms. The average Bonchev–Trinajstić information content (AvgIpc) is 2.74. The Labute approximate surface area is 174 Å². The smallest absolute Gasteiger partial charge is 0.356 e. The van der Waals surface area contributed by atoms with E-state index in [4.69, 9.17) is 14.2 Å². The third-order valence-electron chi connectivity index (χ3n) is 4.69. The summed E-state index contributed by atoms with van der Waals surface area (Å²) < 4.78 is 16.9. The first-order chi connectivity index (χ1) is 14.5. The van der Waals surface area contributed by atoms with E-state index in [1.54, 1.807) is 49.4 Å². The van der Waals surface area contributed by atoms with E-state index >= 15 is 0 Å². The molecular formula is C24H21NO5. The van der Waals surface area contributed by atoms with Crippen LogP contribution in [-0.2, 0) is 4.79 Å². The fourth-order valence-electron chi connectivity index (χ4n) is 3.15. The Balaban J connectivity index is 1.39. The molecule has 0 saturated heterocycles. The molecular weight excluding hydrogens is 382 g/mol. The first kappa shape index (κ1) is 19.5. The molecule has 6 nitrogen and oxygen atoms in total. The van der Waals surface area contributed by atoms with Crippen molar-refractivity contribution in [3.63, 3.8) is 0 Å². The van der Waals surface area contributed by atoms with E-state index < -0.39 is 18.2 Å². The number of carbonyl (C=O) groups is 2. The molecule has 1 aliphatic heterocycles. The first-order valence-electron chi connectivity index (χ1n) is 9.62. The molecule has 1 amide bonds. The van der Waals surface area contributed by atoms with Crippen LogP contribution in [0.4, 0.5) is 5.69 Å². The van der Waals surface area contributed by atoms with E-state index in [9.17, 15) is 9.59 Å². The van der Waals surface area contributed by atoms with Crippen molar-refractivity contribution in [1.29, 1.82) is 0 Å². The zero-order valence-electron chi connectivity index (χ0n) is 16.6. The maximum Gasteiger partial charge on any atom is 0.356 e. The first-order valence-corrected chi connectivity index (χ1v) is 9.62. The van der Waals surface area contributed by atoms with Gasteiger partial charge in [0.05, 0.1) is 0 Å². The van der Waals surface area contributed by atoms with Gasteiger partial charge < -0.3 is 19.5 Å². The van der Waals surface area contributed by atoms with Gasteiger partial charge in [0.2, 0.25) is 6.10 Å². The van der Waals surface area contributed by atoms with Gasteiger partial charge in [0, 0.05) is 11.3 Å². The number of anilines is 1. The molecule has 0 saturated carbocycles. The molecule has 6 heteroatoms. The molecule has 3 aromatic rings. The van der Waals surface area contributed by atoms with Crippen molar-refractivity contribution in [3.8, 4) is 17.2 Å². The summed E-state index contributed by atoms with van der Waals surface area (Å²) in [5.41, 5.74) is 2.19. The van der Waals surface area contributed by atoms with Gasteiger partial charge in [-0.15, -0.1) is 0 Å². The molecule has 1 N–H and O–H groups in total. The molecule has 2 atom stereocenters. The van der Waals surface area contributed by atoms with Gasteiger partial charge in [-0.05, 0) is 62.4 Å². The number of ether oxygens (including phenoxy) is 3. The number of fused-ring (bicyclic) bond motifs is 1. The van der Waals surface area contributed by atoms with Crippen LogP contribution in [0.25, 0.3) is 0 Å². The summed E-state index contributed by atoms with van der Waals surface area (Å²) in [4.78, 5) is 24.9. The van der Waals surface area contributed by atoms with Crippen molar-refractivity contribution in [3.05, 3.63) is 83.9 Å². The van der Waals surface area contributed by atoms with Gasteiger partial charge in [0.25, 0.3) is 5.91 Å². The largest absolute Gasteiger partial charge is 0.482 e. The Morgan fingerprint density at radius 2 is 1.60 bits per heavy atom. The van der Waals surface area contributed by atoms with Crippen LogP contribution in [0.1, 0.15) is 22.8 Å². The van der Waals surface area contributed by atoms with Crippen LogP contribution in [0.5, 0.6) is 17.2 Å². The number of aryl methyl sites for hydroxylation is 1. The lowest BCUT2D eigenvalue weighted by Gasteiger charge is -2.30. The van der Waals surface area contributed by atoms with Crippen molar-refractivity contribution in [2.24, 2.45) is 0 Å². The van der Waals surface area contributed by atoms with Gasteiger partial charge in [-0.3, -0.25) is 4.79 Å². The van der Waals surface area contributed by atoms with Crippen molar-refractivity contribution in [1.82, 2.24) is 0 Å². The maximum absolute atomic E-state index is 12.6. The molecule has 0 aromatic heterocycles. The quantitative estimate of drug-likeness (QED) is 0.517. The van der Waals surface area contributed by atoms with E-state index in [2.05, 4.69) is 5.32 Å². The lowest BCUT2D eigenvalue weighted by atomic mass is 10.1. The van der Waals surface area contributed by atoms with Gasteiger partial charge in [-0.1, -0.05) is 29.8 Å². The van der Waals surface area contributed by atoms with Crippen molar-refractivity contribution in [2.45, 2.75) is 26.1 Å². The van der Waals surface area contributed by atoms with Gasteiger partial charge in [-0.25, -0.2) is 4.79 Å². The third kappa shape index (κ3) is 4.27. The number of carbonyl (C=O) groups excluding carboxylic acids is 2. The molecule has 152 valence electrons. The summed E-state index contributed by atoms with van der Waals surface area (Å²) >= 11 is 0. The van der Waals surface area contributed by atoms with Crippen LogP contribution in [0.15, 0.2) is 72.8 Å². The van der Waals surface area contributed by atoms with E-state index in [-0.39, 0.29) is 5.91 Å². The predicted molar refractivity (Wildman–Crippen MR) is 112 cm³/mol. The normalized spacial score (nSPS) is 17.1. The van der Waals surface area contributed by atoms with Crippen LogP contribution in [0, 0.1) is 6.92 Å². The highest BCUT2D eigenvalue weighted by atomic mass is 16.6. The van der Waals surface area contributed by atoms with Crippen LogP contribution >= 0.6 is 0 Å². The Morgan fingerprint density at radius 1 is 0.900 bits per heavy atom. The van der Waals surface area contributed by atoms with Crippen LogP contribution < -0.4 is 19.5 Å². The van der Waals surface area contributed by atoms with Gasteiger partial charge in [-0.2, -0.15) is 0 Å². The number of rotatable bonds is 4. The second-order valence-corrected chi connectivity index (χ2v) is 7.08. The molecule has 2 unspecified atom stereocenters. The van der Waals surface area contributed by atoms with E-state index in [0.717, 1.165) is 5.56 Å². The summed E-state index contributed by atoms with van der Waals surface area (Å²) in [5, 5.41) is 2.82. The van der Waals surface area contributed by atoms with Crippen molar-refractivity contribution in [2.75, 3.05) is 5.32 Å². The summed E-state index contributed by atoms with van der Waals surface area (Å²) in [6.07, 6.45) is -1.36. The fourth-order valence-corrected chi connectivity index (χ4v) is 3.15.